The van der Waals surface area contributed by atoms with Crippen molar-refractivity contribution < 1.29 is 14.5 Å². The largest absolute Gasteiger partial charge is 0.320 e. The zero-order chi connectivity index (χ0) is 19.5. The molecule has 5 nitrogen and oxygen atoms in total. The summed E-state index contributed by atoms with van der Waals surface area (Å²) in [7, 11) is 0. The first kappa shape index (κ1) is 18.8. The van der Waals surface area contributed by atoms with Crippen LogP contribution in [0.5, 0.6) is 0 Å². The highest BCUT2D eigenvalue weighted by atomic mass is 32.1. The predicted molar refractivity (Wildman–Crippen MR) is 112 cm³/mol. The highest BCUT2D eigenvalue weighted by Gasteiger charge is 2.32. The molecular formula is C22H24N3O2S+. The van der Waals surface area contributed by atoms with Crippen molar-refractivity contribution in [3.05, 3.63) is 59.1 Å². The normalized spacial score (nSPS) is 19.5. The number of amides is 1. The van der Waals surface area contributed by atoms with E-state index in [1.54, 1.807) is 23.5 Å². The summed E-state index contributed by atoms with van der Waals surface area (Å²) in [5.41, 5.74) is 2.17. The van der Waals surface area contributed by atoms with Crippen LogP contribution in [0.15, 0.2) is 48.5 Å². The fourth-order valence-electron chi connectivity index (χ4n) is 3.93. The number of piperidine rings is 1. The lowest BCUT2D eigenvalue weighted by Gasteiger charge is -2.30. The number of hydrogen-bond acceptors (Lipinski definition) is 4. The lowest BCUT2D eigenvalue weighted by molar-refractivity contribution is -0.929. The van der Waals surface area contributed by atoms with E-state index in [9.17, 15) is 9.59 Å². The lowest BCUT2D eigenvalue weighted by atomic mass is 10.0. The Balaban J connectivity index is 1.50. The summed E-state index contributed by atoms with van der Waals surface area (Å²) in [6.45, 7) is 2.86. The first-order chi connectivity index (χ1) is 13.6. The molecule has 0 spiro atoms. The van der Waals surface area contributed by atoms with Crippen molar-refractivity contribution in [2.24, 2.45) is 0 Å². The van der Waals surface area contributed by atoms with Crippen LogP contribution in [0.25, 0.3) is 10.2 Å². The number of hydrogen-bond donors (Lipinski definition) is 2. The van der Waals surface area contributed by atoms with Crippen LogP contribution in [-0.2, 0) is 4.79 Å². The molecule has 2 aromatic carbocycles. The Morgan fingerprint density at radius 3 is 2.75 bits per heavy atom. The molecule has 6 heteroatoms. The van der Waals surface area contributed by atoms with Gasteiger partial charge in [-0.15, -0.1) is 11.3 Å². The van der Waals surface area contributed by atoms with Crippen LogP contribution >= 0.6 is 11.3 Å². The van der Waals surface area contributed by atoms with Crippen LogP contribution in [0, 0.1) is 0 Å². The highest BCUT2D eigenvalue weighted by molar-refractivity contribution is 7.18. The van der Waals surface area contributed by atoms with Crippen molar-refractivity contribution in [1.82, 2.24) is 4.98 Å². The Morgan fingerprint density at radius 1 is 1.14 bits per heavy atom. The zero-order valence-electron chi connectivity index (χ0n) is 15.9. The minimum absolute atomic E-state index is 0.0476. The average molecular weight is 395 g/mol. The molecule has 1 aliphatic heterocycles. The number of carbonyl (C=O) groups excluding carboxylic acids is 2. The number of anilines is 1. The molecule has 4 rings (SSSR count). The molecule has 1 aromatic heterocycles. The number of fused-ring (bicyclic) bond motifs is 1. The monoisotopic (exact) mass is 394 g/mol. The summed E-state index contributed by atoms with van der Waals surface area (Å²) < 4.78 is 1.20. The Bertz CT molecular complexity index is 981. The van der Waals surface area contributed by atoms with E-state index in [2.05, 4.69) is 11.4 Å². The van der Waals surface area contributed by atoms with Gasteiger partial charge in [0.25, 0.3) is 5.91 Å². The first-order valence-electron chi connectivity index (χ1n) is 9.71. The molecule has 144 valence electrons. The number of carbonyl (C=O) groups is 2. The minimum atomic E-state index is -0.0586. The smallest absolute Gasteiger partial charge is 0.279 e. The fourth-order valence-corrected chi connectivity index (χ4v) is 5.09. The van der Waals surface area contributed by atoms with Crippen LogP contribution in [0.3, 0.4) is 0 Å². The molecule has 1 saturated heterocycles. The van der Waals surface area contributed by atoms with Crippen LogP contribution in [0.2, 0.25) is 0 Å². The molecule has 0 aliphatic carbocycles. The molecule has 1 amide bonds. The molecule has 2 atom stereocenters. The summed E-state index contributed by atoms with van der Waals surface area (Å²) in [6.07, 6.45) is 3.33. The van der Waals surface area contributed by atoms with E-state index in [1.807, 2.05) is 30.3 Å². The van der Waals surface area contributed by atoms with E-state index in [-0.39, 0.29) is 17.7 Å². The quantitative estimate of drug-likeness (QED) is 0.653. The Morgan fingerprint density at radius 2 is 1.93 bits per heavy atom. The van der Waals surface area contributed by atoms with Crippen LogP contribution in [-0.4, -0.2) is 29.8 Å². The number of nitrogens with one attached hydrogen (secondary N) is 2. The van der Waals surface area contributed by atoms with Gasteiger partial charge in [0, 0.05) is 12.0 Å². The van der Waals surface area contributed by atoms with Gasteiger partial charge in [0.2, 0.25) is 0 Å². The molecule has 2 heterocycles. The van der Waals surface area contributed by atoms with E-state index in [4.69, 9.17) is 4.98 Å². The number of rotatable bonds is 5. The summed E-state index contributed by atoms with van der Waals surface area (Å²) in [5.74, 6) is -0.106. The zero-order valence-corrected chi connectivity index (χ0v) is 16.7. The summed E-state index contributed by atoms with van der Waals surface area (Å²) in [4.78, 5) is 30.6. The average Bonchev–Trinajstić information content (AvgIpc) is 3.12. The van der Waals surface area contributed by atoms with Crippen molar-refractivity contribution in [1.29, 1.82) is 0 Å². The summed E-state index contributed by atoms with van der Waals surface area (Å²) >= 11 is 1.74. The van der Waals surface area contributed by atoms with E-state index < -0.39 is 0 Å². The molecule has 3 aromatic rings. The number of aromatic nitrogens is 1. The third kappa shape index (κ3) is 3.98. The number of quaternary nitrogens is 1. The molecule has 0 radical (unpaired) electrons. The second-order valence-electron chi connectivity index (χ2n) is 7.30. The molecule has 28 heavy (non-hydrogen) atoms. The number of likely N-dealkylation sites (tertiary alicyclic amines) is 1. The number of Topliss-reactive ketones (excluding diaryl/α,β-unsaturated/α-hetero) is 1. The van der Waals surface area contributed by atoms with Crippen LogP contribution in [0.1, 0.15) is 47.6 Å². The lowest BCUT2D eigenvalue weighted by Crippen LogP contribution is -3.14. The van der Waals surface area contributed by atoms with Gasteiger partial charge in [-0.2, -0.15) is 0 Å². The van der Waals surface area contributed by atoms with E-state index in [0.717, 1.165) is 29.9 Å². The Kier molecular flexibility index (Phi) is 5.50. The summed E-state index contributed by atoms with van der Waals surface area (Å²) in [6, 6.07) is 15.6. The molecular weight excluding hydrogens is 370 g/mol. The SMILES string of the molecule is CC(=O)c1ccccc1NC(=O)C[NH+]1CCCC[C@H]1c1nc2ccccc2s1. The maximum atomic E-state index is 12.7. The van der Waals surface area contributed by atoms with Crippen LogP contribution < -0.4 is 10.2 Å². The maximum absolute atomic E-state index is 12.7. The third-order valence-electron chi connectivity index (χ3n) is 5.31. The van der Waals surface area contributed by atoms with Gasteiger partial charge in [0.05, 0.1) is 22.4 Å². The highest BCUT2D eigenvalue weighted by Crippen LogP contribution is 2.28. The molecule has 2 N–H and O–H groups in total. The number of para-hydroxylation sites is 2. The van der Waals surface area contributed by atoms with Gasteiger partial charge in [-0.05, 0) is 44.0 Å². The molecule has 0 bridgehead atoms. The minimum Gasteiger partial charge on any atom is -0.320 e. The van der Waals surface area contributed by atoms with Crippen molar-refractivity contribution in [2.75, 3.05) is 18.4 Å². The van der Waals surface area contributed by atoms with Gasteiger partial charge < -0.3 is 10.2 Å². The predicted octanol–water partition coefficient (Wildman–Crippen LogP) is 3.25. The van der Waals surface area contributed by atoms with Crippen molar-refractivity contribution >= 4 is 38.9 Å². The van der Waals surface area contributed by atoms with E-state index >= 15 is 0 Å². The second kappa shape index (κ2) is 8.20. The number of benzene rings is 2. The second-order valence-corrected chi connectivity index (χ2v) is 8.37. The Hall–Kier alpha value is -2.57. The third-order valence-corrected chi connectivity index (χ3v) is 6.46. The summed E-state index contributed by atoms with van der Waals surface area (Å²) in [5, 5.41) is 4.06. The van der Waals surface area contributed by atoms with E-state index in [1.165, 1.54) is 22.9 Å². The first-order valence-corrected chi connectivity index (χ1v) is 10.5. The maximum Gasteiger partial charge on any atom is 0.279 e. The van der Waals surface area contributed by atoms with Crippen LogP contribution in [0.4, 0.5) is 5.69 Å². The molecule has 1 aliphatic rings. The van der Waals surface area contributed by atoms with Crippen molar-refractivity contribution in [3.8, 4) is 0 Å². The van der Waals surface area contributed by atoms with Gasteiger partial charge in [0.1, 0.15) is 6.04 Å². The van der Waals surface area contributed by atoms with Gasteiger partial charge in [-0.1, -0.05) is 24.3 Å². The van der Waals surface area contributed by atoms with Gasteiger partial charge >= 0.3 is 0 Å². The molecule has 1 unspecified atom stereocenters. The number of thiazole rings is 1. The van der Waals surface area contributed by atoms with E-state index in [0.29, 0.717) is 17.8 Å². The van der Waals surface area contributed by atoms with Gasteiger partial charge in [0.15, 0.2) is 17.3 Å². The number of ketones is 1. The standard InChI is InChI=1S/C22H23N3O2S/c1-15(26)16-8-2-3-9-17(16)23-21(27)14-25-13-7-6-11-19(25)22-24-18-10-4-5-12-20(18)28-22/h2-5,8-10,12,19H,6-7,11,13-14H2,1H3,(H,23,27)/p+1/t19-/m0/s1. The van der Waals surface area contributed by atoms with Gasteiger partial charge in [-0.25, -0.2) is 4.98 Å². The van der Waals surface area contributed by atoms with Crippen molar-refractivity contribution in [3.63, 3.8) is 0 Å². The molecule has 0 saturated carbocycles. The molecule has 1 fully saturated rings. The fraction of sp³-hybridized carbons (Fsp3) is 0.318. The van der Waals surface area contributed by atoms with Gasteiger partial charge in [-0.3, -0.25) is 9.59 Å². The number of nitrogens with zero attached hydrogens (tertiary/aromatic N) is 1. The topological polar surface area (TPSA) is 63.5 Å². The van der Waals surface area contributed by atoms with Crippen molar-refractivity contribution in [2.45, 2.75) is 32.2 Å². The Labute approximate surface area is 168 Å².